The van der Waals surface area contributed by atoms with Gasteiger partial charge in [0.25, 0.3) is 0 Å². The molecule has 0 aromatic heterocycles. The highest BCUT2D eigenvalue weighted by Gasteiger charge is 2.53. The lowest BCUT2D eigenvalue weighted by Gasteiger charge is -2.52. The maximum Gasteiger partial charge on any atom is 0.122 e. The Morgan fingerprint density at radius 3 is 2.47 bits per heavy atom. The van der Waals surface area contributed by atoms with Crippen molar-refractivity contribution in [2.24, 2.45) is 5.92 Å². The summed E-state index contributed by atoms with van der Waals surface area (Å²) >= 11 is 0. The fourth-order valence-electron chi connectivity index (χ4n) is 3.62. The van der Waals surface area contributed by atoms with Gasteiger partial charge in [0.1, 0.15) is 5.75 Å². The van der Waals surface area contributed by atoms with Crippen LogP contribution in [0.2, 0.25) is 0 Å². The zero-order valence-electron chi connectivity index (χ0n) is 10.6. The predicted octanol–water partition coefficient (Wildman–Crippen LogP) is 2.94. The Morgan fingerprint density at radius 2 is 1.63 bits per heavy atom. The largest absolute Gasteiger partial charge is 0.493 e. The molecular weight excluding hydrogens is 236 g/mol. The van der Waals surface area contributed by atoms with Gasteiger partial charge in [0, 0.05) is 23.3 Å². The molecule has 0 amide bonds. The Kier molecular flexibility index (Phi) is 2.39. The molecule has 1 aliphatic heterocycles. The van der Waals surface area contributed by atoms with Crippen LogP contribution in [0, 0.1) is 5.92 Å². The van der Waals surface area contributed by atoms with Gasteiger partial charge < -0.3 is 9.84 Å². The minimum atomic E-state index is -0.294. The van der Waals surface area contributed by atoms with Crippen LogP contribution in [-0.4, -0.2) is 17.8 Å². The molecule has 1 heterocycles. The Labute approximate surface area is 112 Å². The normalized spacial score (nSPS) is 31.6. The number of rotatable bonds is 1. The second-order valence-electron chi connectivity index (χ2n) is 5.47. The Balaban J connectivity index is 1.70. The van der Waals surface area contributed by atoms with E-state index in [9.17, 15) is 5.11 Å². The number of ether oxygens (including phenoxy) is 1. The third-order valence-electron chi connectivity index (χ3n) is 4.55. The van der Waals surface area contributed by atoms with Crippen molar-refractivity contribution in [3.8, 4) is 5.75 Å². The smallest absolute Gasteiger partial charge is 0.122 e. The van der Waals surface area contributed by atoms with Crippen molar-refractivity contribution in [2.45, 2.75) is 17.9 Å². The summed E-state index contributed by atoms with van der Waals surface area (Å²) in [6, 6.07) is 18.4. The van der Waals surface area contributed by atoms with E-state index in [2.05, 4.69) is 18.2 Å². The number of benzene rings is 2. The average Bonchev–Trinajstić information content (AvgIpc) is 2.46. The number of hydrogen-bond acceptors (Lipinski definition) is 2. The molecule has 4 rings (SSSR count). The van der Waals surface area contributed by atoms with Crippen LogP contribution >= 0.6 is 0 Å². The maximum atomic E-state index is 10.5. The lowest BCUT2D eigenvalue weighted by atomic mass is 9.57. The van der Waals surface area contributed by atoms with Gasteiger partial charge in [0.05, 0.1) is 12.7 Å². The summed E-state index contributed by atoms with van der Waals surface area (Å²) in [5, 5.41) is 10.5. The van der Waals surface area contributed by atoms with Crippen LogP contribution < -0.4 is 4.74 Å². The summed E-state index contributed by atoms with van der Waals surface area (Å²) in [5.74, 6) is 1.77. The summed E-state index contributed by atoms with van der Waals surface area (Å²) in [5.41, 5.74) is 2.39. The van der Waals surface area contributed by atoms with Crippen LogP contribution in [0.3, 0.4) is 0 Å². The summed E-state index contributed by atoms with van der Waals surface area (Å²) in [4.78, 5) is 0. The molecule has 1 saturated carbocycles. The van der Waals surface area contributed by atoms with E-state index in [-0.39, 0.29) is 17.9 Å². The van der Waals surface area contributed by atoms with Crippen molar-refractivity contribution in [1.29, 1.82) is 0 Å². The summed E-state index contributed by atoms with van der Waals surface area (Å²) in [6.45, 7) is 0.707. The second-order valence-corrected chi connectivity index (χ2v) is 5.47. The van der Waals surface area contributed by atoms with Crippen molar-refractivity contribution in [1.82, 2.24) is 0 Å². The molecule has 1 aliphatic carbocycles. The molecule has 19 heavy (non-hydrogen) atoms. The monoisotopic (exact) mass is 252 g/mol. The topological polar surface area (TPSA) is 29.5 Å². The highest BCUT2D eigenvalue weighted by molar-refractivity contribution is 5.44. The number of aliphatic hydroxyl groups is 1. The van der Waals surface area contributed by atoms with Gasteiger partial charge in [0.15, 0.2) is 0 Å². The molecule has 2 nitrogen and oxygen atoms in total. The van der Waals surface area contributed by atoms with Gasteiger partial charge in [-0.3, -0.25) is 0 Å². The number of para-hydroxylation sites is 1. The fraction of sp³-hybridized carbons (Fsp3) is 0.294. The fourth-order valence-corrected chi connectivity index (χ4v) is 3.62. The van der Waals surface area contributed by atoms with E-state index in [0.717, 1.165) is 5.75 Å². The van der Waals surface area contributed by atoms with E-state index in [1.165, 1.54) is 11.1 Å². The van der Waals surface area contributed by atoms with Crippen molar-refractivity contribution >= 4 is 0 Å². The molecule has 2 aromatic rings. The lowest BCUT2D eigenvalue weighted by molar-refractivity contribution is -0.0496. The van der Waals surface area contributed by atoms with Gasteiger partial charge in [-0.1, -0.05) is 48.5 Å². The molecule has 2 aliphatic rings. The zero-order valence-corrected chi connectivity index (χ0v) is 10.6. The standard InChI is InChI=1S/C17H16O2/c18-17-15(11-6-2-1-3-7-11)13-10-19-14-9-5-4-8-12(14)16(13)17/h1-9,13,15-18H,10H2/t13-,15?,16?,17?/m0/s1. The van der Waals surface area contributed by atoms with Crippen LogP contribution in [0.1, 0.15) is 23.0 Å². The summed E-state index contributed by atoms with van der Waals surface area (Å²) in [7, 11) is 0. The van der Waals surface area contributed by atoms with Gasteiger partial charge in [0.2, 0.25) is 0 Å². The van der Waals surface area contributed by atoms with Gasteiger partial charge in [-0.2, -0.15) is 0 Å². The van der Waals surface area contributed by atoms with Crippen LogP contribution in [0.5, 0.6) is 5.75 Å². The lowest BCUT2D eigenvalue weighted by Crippen LogP contribution is -2.52. The Hall–Kier alpha value is -1.80. The van der Waals surface area contributed by atoms with Crippen LogP contribution in [0.4, 0.5) is 0 Å². The quantitative estimate of drug-likeness (QED) is 0.845. The molecule has 0 spiro atoms. The third-order valence-corrected chi connectivity index (χ3v) is 4.55. The van der Waals surface area contributed by atoms with Crippen LogP contribution in [-0.2, 0) is 0 Å². The molecule has 96 valence electrons. The average molecular weight is 252 g/mol. The zero-order chi connectivity index (χ0) is 12.8. The first kappa shape index (κ1) is 11.1. The van der Waals surface area contributed by atoms with E-state index in [1.807, 2.05) is 36.4 Å². The molecule has 3 unspecified atom stereocenters. The van der Waals surface area contributed by atoms with Gasteiger partial charge in [-0.25, -0.2) is 0 Å². The van der Waals surface area contributed by atoms with E-state index < -0.39 is 0 Å². The minimum absolute atomic E-state index is 0.208. The van der Waals surface area contributed by atoms with E-state index in [0.29, 0.717) is 12.5 Å². The van der Waals surface area contributed by atoms with Crippen LogP contribution in [0.15, 0.2) is 54.6 Å². The summed E-state index contributed by atoms with van der Waals surface area (Å²) < 4.78 is 5.85. The first-order valence-electron chi connectivity index (χ1n) is 6.81. The van der Waals surface area contributed by atoms with Crippen molar-refractivity contribution in [3.63, 3.8) is 0 Å². The van der Waals surface area contributed by atoms with E-state index in [4.69, 9.17) is 4.74 Å². The highest BCUT2D eigenvalue weighted by atomic mass is 16.5. The third kappa shape index (κ3) is 1.53. The minimum Gasteiger partial charge on any atom is -0.493 e. The summed E-state index contributed by atoms with van der Waals surface area (Å²) in [6.07, 6.45) is -0.294. The second kappa shape index (κ2) is 4.10. The predicted molar refractivity (Wildman–Crippen MR) is 73.4 cm³/mol. The van der Waals surface area contributed by atoms with Crippen molar-refractivity contribution < 1.29 is 9.84 Å². The SMILES string of the molecule is OC1C(c2ccccc2)[C@@H]2COc3ccccc3C12. The first-order valence-corrected chi connectivity index (χ1v) is 6.81. The molecule has 2 heteroatoms. The first-order chi connectivity index (χ1) is 9.36. The molecule has 4 atom stereocenters. The van der Waals surface area contributed by atoms with Crippen molar-refractivity contribution in [2.75, 3.05) is 6.61 Å². The maximum absolute atomic E-state index is 10.5. The Bertz CT molecular complexity index is 593. The Morgan fingerprint density at radius 1 is 0.895 bits per heavy atom. The number of hydrogen-bond donors (Lipinski definition) is 1. The molecule has 0 radical (unpaired) electrons. The molecule has 1 fully saturated rings. The van der Waals surface area contributed by atoms with E-state index in [1.54, 1.807) is 0 Å². The van der Waals surface area contributed by atoms with Crippen molar-refractivity contribution in [3.05, 3.63) is 65.7 Å². The number of fused-ring (bicyclic) bond motifs is 3. The molecular formula is C17H16O2. The van der Waals surface area contributed by atoms with Gasteiger partial charge in [-0.05, 0) is 11.6 Å². The highest BCUT2D eigenvalue weighted by Crippen LogP contribution is 2.56. The molecule has 0 saturated heterocycles. The molecule has 0 bridgehead atoms. The van der Waals surface area contributed by atoms with E-state index >= 15 is 0 Å². The number of aliphatic hydroxyl groups excluding tert-OH is 1. The van der Waals surface area contributed by atoms with Gasteiger partial charge in [-0.15, -0.1) is 0 Å². The molecule has 2 aromatic carbocycles. The van der Waals surface area contributed by atoms with Crippen LogP contribution in [0.25, 0.3) is 0 Å². The van der Waals surface area contributed by atoms with Gasteiger partial charge >= 0.3 is 0 Å². The molecule has 1 N–H and O–H groups in total.